The Bertz CT molecular complexity index is 451. The molecule has 1 aromatic rings. The van der Waals surface area contributed by atoms with Crippen molar-refractivity contribution >= 4 is 11.9 Å². The van der Waals surface area contributed by atoms with Crippen LogP contribution in [0.15, 0.2) is 34.4 Å². The Morgan fingerprint density at radius 1 is 1.12 bits per heavy atom. The molecule has 0 amide bonds. The molecule has 0 N–H and O–H groups in total. The number of rotatable bonds is 2. The fraction of sp³-hybridized carbons (Fsp3) is 0.462. The molecule has 0 bridgehead atoms. The average Bonchev–Trinajstić information content (AvgIpc) is 2.74. The smallest absolute Gasteiger partial charge is 0.111 e. The van der Waals surface area contributed by atoms with Crippen LogP contribution in [0.2, 0.25) is 0 Å². The summed E-state index contributed by atoms with van der Waals surface area (Å²) < 4.78 is 2.42. The normalized spacial score (nSPS) is 21.3. The van der Waals surface area contributed by atoms with Crippen molar-refractivity contribution in [2.24, 2.45) is 0 Å². The SMILES string of the molecule is Cc1cccc(SN2CC3=C(CN(C)C3)C2)n1. The van der Waals surface area contributed by atoms with Crippen molar-refractivity contribution in [3.8, 4) is 0 Å². The van der Waals surface area contributed by atoms with Crippen LogP contribution in [0.4, 0.5) is 0 Å². The Morgan fingerprint density at radius 2 is 1.82 bits per heavy atom. The predicted octanol–water partition coefficient (Wildman–Crippen LogP) is 1.95. The number of aromatic nitrogens is 1. The molecule has 0 fully saturated rings. The first-order valence-corrected chi connectivity index (χ1v) is 6.73. The summed E-state index contributed by atoms with van der Waals surface area (Å²) in [5.41, 5.74) is 4.33. The molecule has 3 nitrogen and oxygen atoms in total. The van der Waals surface area contributed by atoms with Crippen molar-refractivity contribution in [3.63, 3.8) is 0 Å². The number of hydrogen-bond acceptors (Lipinski definition) is 4. The average molecular weight is 247 g/mol. The molecule has 17 heavy (non-hydrogen) atoms. The van der Waals surface area contributed by atoms with Crippen LogP contribution in [-0.4, -0.2) is 47.4 Å². The molecular formula is C13H17N3S. The van der Waals surface area contributed by atoms with Gasteiger partial charge < -0.3 is 0 Å². The van der Waals surface area contributed by atoms with Gasteiger partial charge in [-0.05, 0) is 49.2 Å². The van der Waals surface area contributed by atoms with Crippen LogP contribution in [0.25, 0.3) is 0 Å². The summed E-state index contributed by atoms with van der Waals surface area (Å²) in [4.78, 5) is 6.92. The number of aryl methyl sites for hydroxylation is 1. The highest BCUT2D eigenvalue weighted by Gasteiger charge is 2.28. The van der Waals surface area contributed by atoms with Gasteiger partial charge in [0.15, 0.2) is 0 Å². The topological polar surface area (TPSA) is 19.4 Å². The van der Waals surface area contributed by atoms with E-state index in [0.29, 0.717) is 0 Å². The minimum atomic E-state index is 1.09. The van der Waals surface area contributed by atoms with Gasteiger partial charge in [0.05, 0.1) is 0 Å². The van der Waals surface area contributed by atoms with E-state index in [1.807, 2.05) is 13.0 Å². The van der Waals surface area contributed by atoms with Crippen molar-refractivity contribution in [1.82, 2.24) is 14.2 Å². The Hall–Kier alpha value is -0.840. The van der Waals surface area contributed by atoms with Crippen molar-refractivity contribution < 1.29 is 0 Å². The number of likely N-dealkylation sites (N-methyl/N-ethyl adjacent to an activating group) is 1. The van der Waals surface area contributed by atoms with Crippen LogP contribution in [0.3, 0.4) is 0 Å². The third kappa shape index (κ3) is 2.39. The van der Waals surface area contributed by atoms with Gasteiger partial charge in [-0.25, -0.2) is 9.29 Å². The monoisotopic (exact) mass is 247 g/mol. The molecule has 2 aliphatic rings. The largest absolute Gasteiger partial charge is 0.298 e. The number of hydrogen-bond donors (Lipinski definition) is 0. The highest BCUT2D eigenvalue weighted by atomic mass is 32.2. The van der Waals surface area contributed by atoms with Gasteiger partial charge in [-0.1, -0.05) is 6.07 Å². The van der Waals surface area contributed by atoms with E-state index in [2.05, 4.69) is 33.4 Å². The summed E-state index contributed by atoms with van der Waals surface area (Å²) >= 11 is 1.79. The maximum Gasteiger partial charge on any atom is 0.111 e. The zero-order valence-electron chi connectivity index (χ0n) is 10.3. The molecule has 0 atom stereocenters. The predicted molar refractivity (Wildman–Crippen MR) is 70.9 cm³/mol. The first kappa shape index (κ1) is 11.3. The summed E-state index contributed by atoms with van der Waals surface area (Å²) in [6.07, 6.45) is 0. The summed E-state index contributed by atoms with van der Waals surface area (Å²) in [5, 5.41) is 1.11. The van der Waals surface area contributed by atoms with Gasteiger partial charge in [-0.2, -0.15) is 0 Å². The highest BCUT2D eigenvalue weighted by molar-refractivity contribution is 7.97. The van der Waals surface area contributed by atoms with E-state index in [0.717, 1.165) is 36.9 Å². The van der Waals surface area contributed by atoms with Crippen LogP contribution in [0.1, 0.15) is 5.69 Å². The molecule has 1 aromatic heterocycles. The van der Waals surface area contributed by atoms with Gasteiger partial charge in [0.2, 0.25) is 0 Å². The van der Waals surface area contributed by atoms with E-state index < -0.39 is 0 Å². The molecule has 0 aliphatic carbocycles. The van der Waals surface area contributed by atoms with Gasteiger partial charge in [-0.3, -0.25) is 4.90 Å². The zero-order chi connectivity index (χ0) is 11.8. The maximum atomic E-state index is 4.54. The van der Waals surface area contributed by atoms with Crippen molar-refractivity contribution in [3.05, 3.63) is 35.0 Å². The van der Waals surface area contributed by atoms with Crippen LogP contribution in [0, 0.1) is 6.92 Å². The number of nitrogens with zero attached hydrogens (tertiary/aromatic N) is 3. The highest BCUT2D eigenvalue weighted by Crippen LogP contribution is 2.31. The first-order chi connectivity index (χ1) is 8.20. The van der Waals surface area contributed by atoms with Crippen molar-refractivity contribution in [2.75, 3.05) is 33.2 Å². The Labute approximate surface area is 107 Å². The second-order valence-corrected chi connectivity index (χ2v) is 6.00. The lowest BCUT2D eigenvalue weighted by molar-refractivity contribution is 0.399. The molecule has 2 aliphatic heterocycles. The minimum absolute atomic E-state index is 1.09. The molecule has 0 saturated heterocycles. The van der Waals surface area contributed by atoms with E-state index >= 15 is 0 Å². The van der Waals surface area contributed by atoms with E-state index in [1.54, 1.807) is 23.1 Å². The van der Waals surface area contributed by atoms with Gasteiger partial charge >= 0.3 is 0 Å². The fourth-order valence-corrected chi connectivity index (χ4v) is 3.53. The van der Waals surface area contributed by atoms with Gasteiger partial charge in [0.25, 0.3) is 0 Å². The molecule has 0 spiro atoms. The van der Waals surface area contributed by atoms with Crippen molar-refractivity contribution in [2.45, 2.75) is 11.9 Å². The molecule has 90 valence electrons. The zero-order valence-corrected chi connectivity index (χ0v) is 11.1. The third-order valence-corrected chi connectivity index (χ3v) is 4.17. The van der Waals surface area contributed by atoms with Gasteiger partial charge in [-0.15, -0.1) is 0 Å². The fourth-order valence-electron chi connectivity index (χ4n) is 2.50. The molecule has 0 radical (unpaired) electrons. The minimum Gasteiger partial charge on any atom is -0.298 e. The van der Waals surface area contributed by atoms with Crippen LogP contribution >= 0.6 is 11.9 Å². The van der Waals surface area contributed by atoms with Crippen LogP contribution in [0.5, 0.6) is 0 Å². The van der Waals surface area contributed by atoms with Crippen LogP contribution in [-0.2, 0) is 0 Å². The third-order valence-electron chi connectivity index (χ3n) is 3.24. The van der Waals surface area contributed by atoms with E-state index in [-0.39, 0.29) is 0 Å². The lowest BCUT2D eigenvalue weighted by Crippen LogP contribution is -2.23. The summed E-state index contributed by atoms with van der Waals surface area (Å²) in [6, 6.07) is 6.21. The summed E-state index contributed by atoms with van der Waals surface area (Å²) in [5.74, 6) is 0. The Morgan fingerprint density at radius 3 is 2.47 bits per heavy atom. The summed E-state index contributed by atoms with van der Waals surface area (Å²) in [6.45, 7) is 6.53. The number of pyridine rings is 1. The van der Waals surface area contributed by atoms with E-state index in [4.69, 9.17) is 0 Å². The molecule has 0 saturated carbocycles. The Balaban J connectivity index is 1.63. The second-order valence-electron chi connectivity index (χ2n) is 4.89. The second kappa shape index (κ2) is 4.44. The van der Waals surface area contributed by atoms with Crippen LogP contribution < -0.4 is 0 Å². The molecule has 4 heteroatoms. The maximum absolute atomic E-state index is 4.54. The lowest BCUT2D eigenvalue weighted by atomic mass is 10.2. The molecular weight excluding hydrogens is 230 g/mol. The molecule has 3 heterocycles. The molecule has 0 aromatic carbocycles. The molecule has 0 unspecified atom stereocenters. The van der Waals surface area contributed by atoms with Gasteiger partial charge in [0.1, 0.15) is 5.03 Å². The van der Waals surface area contributed by atoms with Crippen molar-refractivity contribution in [1.29, 1.82) is 0 Å². The first-order valence-electron chi connectivity index (χ1n) is 5.95. The Kier molecular flexibility index (Phi) is 2.94. The lowest BCUT2D eigenvalue weighted by Gasteiger charge is -2.18. The summed E-state index contributed by atoms with van der Waals surface area (Å²) in [7, 11) is 2.19. The van der Waals surface area contributed by atoms with Gasteiger partial charge in [0, 0.05) is 31.9 Å². The quantitative estimate of drug-likeness (QED) is 0.587. The van der Waals surface area contributed by atoms with E-state index in [1.165, 1.54) is 0 Å². The molecule has 3 rings (SSSR count). The standard InChI is InChI=1S/C13H17N3S/c1-10-4-3-5-13(14-10)17-16-8-11-6-15(2)7-12(11)9-16/h3-5H,6-9H2,1-2H3. The van der Waals surface area contributed by atoms with E-state index in [9.17, 15) is 0 Å².